The maximum atomic E-state index is 10.3. The Balaban J connectivity index is 2.11. The van der Waals surface area contributed by atoms with E-state index in [1.165, 1.54) is 0 Å². The fraction of sp³-hybridized carbons (Fsp3) is 0.154. The molecule has 0 saturated carbocycles. The van der Waals surface area contributed by atoms with Crippen LogP contribution in [0.15, 0.2) is 47.9 Å². The normalized spacial score (nSPS) is 11.3. The Morgan fingerprint density at radius 1 is 1.42 bits per heavy atom. The van der Waals surface area contributed by atoms with E-state index in [-0.39, 0.29) is 0 Å². The van der Waals surface area contributed by atoms with Crippen LogP contribution in [0.1, 0.15) is 12.5 Å². The number of carboxylic acid groups (broad SMARTS) is 1. The molecule has 98 valence electrons. The van der Waals surface area contributed by atoms with Crippen LogP contribution < -0.4 is 0 Å². The van der Waals surface area contributed by atoms with Crippen molar-refractivity contribution < 1.29 is 14.7 Å². The van der Waals surface area contributed by atoms with Gasteiger partial charge >= 0.3 is 5.97 Å². The van der Waals surface area contributed by atoms with Gasteiger partial charge in [-0.15, -0.1) is 0 Å². The molecule has 1 heterocycles. The first-order valence-corrected chi connectivity index (χ1v) is 5.65. The molecular formula is C13H13N3O3. The second-order valence-corrected chi connectivity index (χ2v) is 3.85. The van der Waals surface area contributed by atoms with E-state index in [0.29, 0.717) is 5.71 Å². The molecular weight excluding hydrogens is 246 g/mol. The fourth-order valence-corrected chi connectivity index (χ4v) is 1.47. The van der Waals surface area contributed by atoms with E-state index in [4.69, 9.17) is 5.11 Å². The first-order chi connectivity index (χ1) is 9.16. The van der Waals surface area contributed by atoms with Gasteiger partial charge in [-0.1, -0.05) is 23.4 Å². The zero-order valence-corrected chi connectivity index (χ0v) is 10.4. The number of aliphatic carboxylic acids is 1. The average Bonchev–Trinajstić information content (AvgIpc) is 2.89. The minimum atomic E-state index is -1.06. The molecule has 6 nitrogen and oxygen atoms in total. The number of carbonyl (C=O) groups is 1. The van der Waals surface area contributed by atoms with E-state index in [9.17, 15) is 4.79 Å². The molecule has 0 aliphatic heterocycles. The topological polar surface area (TPSA) is 76.7 Å². The first kappa shape index (κ1) is 12.8. The highest BCUT2D eigenvalue weighted by atomic mass is 16.6. The third-order valence-corrected chi connectivity index (χ3v) is 2.41. The number of aromatic nitrogens is 2. The third-order valence-electron chi connectivity index (χ3n) is 2.41. The Bertz CT molecular complexity index is 590. The molecule has 2 rings (SSSR count). The molecule has 0 atom stereocenters. The molecule has 1 N–H and O–H groups in total. The summed E-state index contributed by atoms with van der Waals surface area (Å²) in [7, 11) is 0. The van der Waals surface area contributed by atoms with Crippen molar-refractivity contribution in [1.82, 2.24) is 9.78 Å². The zero-order chi connectivity index (χ0) is 13.7. The summed E-state index contributed by atoms with van der Waals surface area (Å²) in [4.78, 5) is 15.0. The second kappa shape index (κ2) is 5.81. The maximum Gasteiger partial charge on any atom is 0.344 e. The van der Waals surface area contributed by atoms with Crippen LogP contribution in [0.5, 0.6) is 0 Å². The summed E-state index contributed by atoms with van der Waals surface area (Å²) in [5, 5.41) is 16.4. The summed E-state index contributed by atoms with van der Waals surface area (Å²) in [5.41, 5.74) is 2.28. The predicted molar refractivity (Wildman–Crippen MR) is 69.4 cm³/mol. The quantitative estimate of drug-likeness (QED) is 0.655. The summed E-state index contributed by atoms with van der Waals surface area (Å²) in [6.45, 7) is 1.28. The molecule has 0 unspecified atom stereocenters. The number of oxime groups is 1. The largest absolute Gasteiger partial charge is 0.479 e. The van der Waals surface area contributed by atoms with Crippen LogP contribution in [0.2, 0.25) is 0 Å². The van der Waals surface area contributed by atoms with Crippen LogP contribution in [-0.4, -0.2) is 33.2 Å². The molecule has 0 amide bonds. The van der Waals surface area contributed by atoms with Gasteiger partial charge in [0.25, 0.3) is 0 Å². The van der Waals surface area contributed by atoms with Crippen molar-refractivity contribution in [1.29, 1.82) is 0 Å². The van der Waals surface area contributed by atoms with Gasteiger partial charge in [-0.2, -0.15) is 5.10 Å². The van der Waals surface area contributed by atoms with Crippen LogP contribution in [0.25, 0.3) is 5.69 Å². The van der Waals surface area contributed by atoms with Gasteiger partial charge < -0.3 is 9.94 Å². The number of nitrogens with zero attached hydrogens (tertiary/aromatic N) is 3. The Morgan fingerprint density at radius 2 is 2.16 bits per heavy atom. The van der Waals surface area contributed by atoms with Gasteiger partial charge in [0.05, 0.1) is 17.6 Å². The van der Waals surface area contributed by atoms with Crippen molar-refractivity contribution in [3.8, 4) is 5.69 Å². The molecule has 0 spiro atoms. The average molecular weight is 259 g/mol. The SMILES string of the molecule is C/C(=N/OCC(=O)O)c1cnn(-c2ccccc2)c1. The molecule has 2 aromatic rings. The fourth-order valence-electron chi connectivity index (χ4n) is 1.47. The minimum Gasteiger partial charge on any atom is -0.479 e. The van der Waals surface area contributed by atoms with E-state index in [2.05, 4.69) is 15.1 Å². The number of hydrogen-bond acceptors (Lipinski definition) is 4. The molecule has 0 bridgehead atoms. The number of hydrogen-bond donors (Lipinski definition) is 1. The Hall–Kier alpha value is -2.63. The Labute approximate surface area is 109 Å². The molecule has 1 aromatic carbocycles. The molecule has 0 saturated heterocycles. The summed E-state index contributed by atoms with van der Waals surface area (Å²) in [5.74, 6) is -1.06. The zero-order valence-electron chi connectivity index (χ0n) is 10.4. The van der Waals surface area contributed by atoms with Gasteiger partial charge in [0.1, 0.15) is 0 Å². The lowest BCUT2D eigenvalue weighted by Gasteiger charge is -1.99. The van der Waals surface area contributed by atoms with E-state index in [1.807, 2.05) is 30.3 Å². The van der Waals surface area contributed by atoms with E-state index in [1.54, 1.807) is 24.0 Å². The second-order valence-electron chi connectivity index (χ2n) is 3.85. The maximum absolute atomic E-state index is 10.3. The van der Waals surface area contributed by atoms with Crippen LogP contribution in [0, 0.1) is 0 Å². The van der Waals surface area contributed by atoms with Crippen LogP contribution in [0.4, 0.5) is 0 Å². The highest BCUT2D eigenvalue weighted by molar-refractivity contribution is 5.97. The van der Waals surface area contributed by atoms with Gasteiger partial charge in [-0.05, 0) is 19.1 Å². The first-order valence-electron chi connectivity index (χ1n) is 5.65. The van der Waals surface area contributed by atoms with Crippen molar-refractivity contribution in [2.45, 2.75) is 6.92 Å². The van der Waals surface area contributed by atoms with Crippen molar-refractivity contribution in [2.24, 2.45) is 5.16 Å². The summed E-state index contributed by atoms with van der Waals surface area (Å²) >= 11 is 0. The Morgan fingerprint density at radius 3 is 2.84 bits per heavy atom. The lowest BCUT2D eigenvalue weighted by atomic mass is 10.2. The van der Waals surface area contributed by atoms with E-state index in [0.717, 1.165) is 11.3 Å². The number of rotatable bonds is 5. The molecule has 0 aliphatic carbocycles. The Kier molecular flexibility index (Phi) is 3.92. The van der Waals surface area contributed by atoms with Crippen LogP contribution >= 0.6 is 0 Å². The third kappa shape index (κ3) is 3.41. The van der Waals surface area contributed by atoms with Crippen molar-refractivity contribution in [3.05, 3.63) is 48.3 Å². The molecule has 0 aliphatic rings. The molecule has 0 fully saturated rings. The number of carboxylic acids is 1. The number of benzene rings is 1. The summed E-state index contributed by atoms with van der Waals surface area (Å²) < 4.78 is 1.71. The minimum absolute atomic E-state index is 0.454. The monoisotopic (exact) mass is 259 g/mol. The van der Waals surface area contributed by atoms with E-state index >= 15 is 0 Å². The highest BCUT2D eigenvalue weighted by Gasteiger charge is 2.04. The van der Waals surface area contributed by atoms with Gasteiger partial charge in [-0.25, -0.2) is 9.48 Å². The van der Waals surface area contributed by atoms with Gasteiger partial charge in [-0.3, -0.25) is 0 Å². The summed E-state index contributed by atoms with van der Waals surface area (Å²) in [6, 6.07) is 9.65. The van der Waals surface area contributed by atoms with Gasteiger partial charge in [0.15, 0.2) is 0 Å². The molecule has 6 heteroatoms. The molecule has 0 radical (unpaired) electrons. The lowest BCUT2D eigenvalue weighted by molar-refractivity contribution is -0.142. The predicted octanol–water partition coefficient (Wildman–Crippen LogP) is 1.70. The smallest absolute Gasteiger partial charge is 0.344 e. The summed E-state index contributed by atoms with van der Waals surface area (Å²) in [6.07, 6.45) is 3.45. The lowest BCUT2D eigenvalue weighted by Crippen LogP contribution is -2.05. The number of para-hydroxylation sites is 1. The highest BCUT2D eigenvalue weighted by Crippen LogP contribution is 2.08. The van der Waals surface area contributed by atoms with Crippen molar-refractivity contribution in [3.63, 3.8) is 0 Å². The van der Waals surface area contributed by atoms with Crippen LogP contribution in [0.3, 0.4) is 0 Å². The van der Waals surface area contributed by atoms with Gasteiger partial charge in [0, 0.05) is 11.8 Å². The van der Waals surface area contributed by atoms with E-state index < -0.39 is 12.6 Å². The molecule has 19 heavy (non-hydrogen) atoms. The van der Waals surface area contributed by atoms with Crippen molar-refractivity contribution >= 4 is 11.7 Å². The standard InChI is InChI=1S/C13H13N3O3/c1-10(15-19-9-13(17)18)11-7-14-16(8-11)12-5-3-2-4-6-12/h2-8H,9H2,1H3,(H,17,18)/b15-10-. The van der Waals surface area contributed by atoms with Crippen LogP contribution in [-0.2, 0) is 9.63 Å². The van der Waals surface area contributed by atoms with Crippen molar-refractivity contribution in [2.75, 3.05) is 6.61 Å². The molecule has 1 aromatic heterocycles. The van der Waals surface area contributed by atoms with Gasteiger partial charge in [0.2, 0.25) is 6.61 Å².